The highest BCUT2D eigenvalue weighted by Crippen LogP contribution is 2.22. The molecule has 2 aromatic carbocycles. The molecule has 7 nitrogen and oxygen atoms in total. The third-order valence-corrected chi connectivity index (χ3v) is 5.44. The van der Waals surface area contributed by atoms with Gasteiger partial charge in [0.05, 0.1) is 17.1 Å². The number of anilines is 1. The Bertz CT molecular complexity index is 938. The summed E-state index contributed by atoms with van der Waals surface area (Å²) < 4.78 is 27.7. The molecule has 0 radical (unpaired) electrons. The minimum Gasteiger partial charge on any atom is -0.355 e. The zero-order valence-electron chi connectivity index (χ0n) is 15.5. The maximum atomic E-state index is 12.6. The number of rotatable bonds is 7. The average molecular weight is 389 g/mol. The van der Waals surface area contributed by atoms with E-state index in [2.05, 4.69) is 15.4 Å². The molecule has 0 atom stereocenters. The molecule has 0 spiro atoms. The lowest BCUT2D eigenvalue weighted by Gasteiger charge is -2.12. The lowest BCUT2D eigenvalue weighted by atomic mass is 10.1. The van der Waals surface area contributed by atoms with Crippen molar-refractivity contribution in [1.29, 1.82) is 0 Å². The van der Waals surface area contributed by atoms with Gasteiger partial charge >= 0.3 is 0 Å². The molecule has 144 valence electrons. The van der Waals surface area contributed by atoms with Gasteiger partial charge in [0.2, 0.25) is 5.91 Å². The van der Waals surface area contributed by atoms with Crippen molar-refractivity contribution >= 4 is 27.5 Å². The molecule has 0 saturated heterocycles. The number of aryl methyl sites for hydroxylation is 1. The summed E-state index contributed by atoms with van der Waals surface area (Å²) in [4.78, 5) is 23.5. The molecule has 2 aromatic rings. The fourth-order valence-corrected chi connectivity index (χ4v) is 3.50. The number of benzene rings is 2. The van der Waals surface area contributed by atoms with Crippen LogP contribution in [0.2, 0.25) is 0 Å². The first-order valence-electron chi connectivity index (χ1n) is 8.48. The molecule has 0 aliphatic heterocycles. The van der Waals surface area contributed by atoms with Crippen molar-refractivity contribution in [3.8, 4) is 0 Å². The van der Waals surface area contributed by atoms with E-state index < -0.39 is 15.9 Å². The summed E-state index contributed by atoms with van der Waals surface area (Å²) >= 11 is 0. The summed E-state index contributed by atoms with van der Waals surface area (Å²) in [6.45, 7) is 5.87. The van der Waals surface area contributed by atoms with Crippen molar-refractivity contribution in [3.63, 3.8) is 0 Å². The van der Waals surface area contributed by atoms with Crippen LogP contribution in [0, 0.1) is 13.8 Å². The lowest BCUT2D eigenvalue weighted by molar-refractivity contribution is -0.120. The maximum Gasteiger partial charge on any atom is 0.261 e. The highest BCUT2D eigenvalue weighted by molar-refractivity contribution is 7.92. The van der Waals surface area contributed by atoms with E-state index in [4.69, 9.17) is 0 Å². The van der Waals surface area contributed by atoms with Gasteiger partial charge in [-0.1, -0.05) is 12.1 Å². The fourth-order valence-electron chi connectivity index (χ4n) is 2.37. The molecule has 0 aliphatic carbocycles. The molecule has 2 amide bonds. The molecule has 0 aromatic heterocycles. The van der Waals surface area contributed by atoms with Crippen LogP contribution >= 0.6 is 0 Å². The molecule has 0 aliphatic rings. The normalized spacial score (nSPS) is 10.9. The van der Waals surface area contributed by atoms with E-state index in [1.54, 1.807) is 19.1 Å². The average Bonchev–Trinajstić information content (AvgIpc) is 2.64. The van der Waals surface area contributed by atoms with Crippen molar-refractivity contribution in [2.24, 2.45) is 0 Å². The largest absolute Gasteiger partial charge is 0.355 e. The highest BCUT2D eigenvalue weighted by Gasteiger charge is 2.16. The number of amides is 2. The molecule has 2 rings (SSSR count). The molecule has 27 heavy (non-hydrogen) atoms. The Balaban J connectivity index is 2.10. The van der Waals surface area contributed by atoms with Gasteiger partial charge in [0, 0.05) is 12.1 Å². The molecule has 0 saturated carbocycles. The van der Waals surface area contributed by atoms with Crippen LogP contribution in [-0.4, -0.2) is 33.3 Å². The number of hydrogen-bond donors (Lipinski definition) is 3. The van der Waals surface area contributed by atoms with E-state index in [0.29, 0.717) is 12.2 Å². The number of hydrogen-bond acceptors (Lipinski definition) is 4. The number of nitrogens with one attached hydrogen (secondary N) is 3. The molecule has 0 bridgehead atoms. The summed E-state index contributed by atoms with van der Waals surface area (Å²) in [5, 5.41) is 5.05. The molecule has 0 fully saturated rings. The van der Waals surface area contributed by atoms with E-state index in [9.17, 15) is 18.0 Å². The Kier molecular flexibility index (Phi) is 6.57. The smallest absolute Gasteiger partial charge is 0.261 e. The number of sulfonamides is 1. The van der Waals surface area contributed by atoms with Crippen LogP contribution < -0.4 is 15.4 Å². The first-order valence-corrected chi connectivity index (χ1v) is 9.97. The van der Waals surface area contributed by atoms with Gasteiger partial charge in [0.1, 0.15) is 0 Å². The second-order valence-corrected chi connectivity index (χ2v) is 7.70. The molecular weight excluding hydrogens is 366 g/mol. The van der Waals surface area contributed by atoms with Crippen LogP contribution in [0.15, 0.2) is 47.4 Å². The topological polar surface area (TPSA) is 104 Å². The predicted molar refractivity (Wildman–Crippen MR) is 104 cm³/mol. The zero-order valence-corrected chi connectivity index (χ0v) is 16.3. The summed E-state index contributed by atoms with van der Waals surface area (Å²) in [7, 11) is -3.77. The van der Waals surface area contributed by atoms with Crippen molar-refractivity contribution in [3.05, 3.63) is 59.2 Å². The number of carbonyl (C=O) groups is 2. The van der Waals surface area contributed by atoms with Gasteiger partial charge in [-0.3, -0.25) is 14.3 Å². The monoisotopic (exact) mass is 389 g/mol. The standard InChI is InChI=1S/C19H23N3O4S/c1-4-20-18(23)12-21-19(24)15-8-10-16(11-9-15)27(25,26)22-17-7-5-6-13(2)14(17)3/h5-11,22H,4,12H2,1-3H3,(H,20,23)(H,21,24). The minimum absolute atomic E-state index is 0.0451. The van der Waals surface area contributed by atoms with Gasteiger partial charge in [0.15, 0.2) is 0 Å². The van der Waals surface area contributed by atoms with E-state index >= 15 is 0 Å². The van der Waals surface area contributed by atoms with Crippen molar-refractivity contribution in [2.45, 2.75) is 25.7 Å². The zero-order chi connectivity index (χ0) is 20.0. The number of carbonyl (C=O) groups excluding carboxylic acids is 2. The molecule has 3 N–H and O–H groups in total. The quantitative estimate of drug-likeness (QED) is 0.673. The molecule has 0 unspecified atom stereocenters. The Morgan fingerprint density at radius 2 is 1.63 bits per heavy atom. The van der Waals surface area contributed by atoms with E-state index in [-0.39, 0.29) is 22.9 Å². The van der Waals surface area contributed by atoms with Crippen molar-refractivity contribution in [1.82, 2.24) is 10.6 Å². The first-order chi connectivity index (χ1) is 12.7. The van der Waals surface area contributed by atoms with Crippen LogP contribution in [0.1, 0.15) is 28.4 Å². The third-order valence-electron chi connectivity index (χ3n) is 4.06. The van der Waals surface area contributed by atoms with E-state index in [0.717, 1.165) is 11.1 Å². The van der Waals surface area contributed by atoms with Crippen LogP contribution in [0.5, 0.6) is 0 Å². The van der Waals surface area contributed by atoms with Crippen LogP contribution in [0.4, 0.5) is 5.69 Å². The highest BCUT2D eigenvalue weighted by atomic mass is 32.2. The predicted octanol–water partition coefficient (Wildman–Crippen LogP) is 1.97. The Morgan fingerprint density at radius 3 is 2.26 bits per heavy atom. The van der Waals surface area contributed by atoms with Gasteiger partial charge in [0.25, 0.3) is 15.9 Å². The summed E-state index contributed by atoms with van der Waals surface area (Å²) in [5.74, 6) is -0.740. The van der Waals surface area contributed by atoms with Crippen LogP contribution in [0.3, 0.4) is 0 Å². The maximum absolute atomic E-state index is 12.6. The van der Waals surface area contributed by atoms with Gasteiger partial charge in [-0.05, 0) is 62.2 Å². The lowest BCUT2D eigenvalue weighted by Crippen LogP contribution is -2.36. The van der Waals surface area contributed by atoms with Gasteiger partial charge in [-0.2, -0.15) is 0 Å². The Labute approximate surface area is 159 Å². The van der Waals surface area contributed by atoms with E-state index in [1.165, 1.54) is 24.3 Å². The van der Waals surface area contributed by atoms with Crippen molar-refractivity contribution in [2.75, 3.05) is 17.8 Å². The fraction of sp³-hybridized carbons (Fsp3) is 0.263. The van der Waals surface area contributed by atoms with E-state index in [1.807, 2.05) is 19.9 Å². The van der Waals surface area contributed by atoms with Crippen LogP contribution in [-0.2, 0) is 14.8 Å². The minimum atomic E-state index is -3.77. The summed E-state index contributed by atoms with van der Waals surface area (Å²) in [6, 6.07) is 10.9. The second kappa shape index (κ2) is 8.68. The van der Waals surface area contributed by atoms with Crippen LogP contribution in [0.25, 0.3) is 0 Å². The summed E-state index contributed by atoms with van der Waals surface area (Å²) in [5.41, 5.74) is 2.61. The van der Waals surface area contributed by atoms with Gasteiger partial charge < -0.3 is 10.6 Å². The first kappa shape index (κ1) is 20.4. The van der Waals surface area contributed by atoms with Crippen molar-refractivity contribution < 1.29 is 18.0 Å². The summed E-state index contributed by atoms with van der Waals surface area (Å²) in [6.07, 6.45) is 0. The third kappa shape index (κ3) is 5.30. The Morgan fingerprint density at radius 1 is 0.963 bits per heavy atom. The Hall–Kier alpha value is -2.87. The number of likely N-dealkylation sites (N-methyl/N-ethyl adjacent to an activating group) is 1. The molecule has 0 heterocycles. The molecule has 8 heteroatoms. The van der Waals surface area contributed by atoms with Gasteiger partial charge in [-0.25, -0.2) is 8.42 Å². The van der Waals surface area contributed by atoms with Gasteiger partial charge in [-0.15, -0.1) is 0 Å². The second-order valence-electron chi connectivity index (χ2n) is 6.01. The SMILES string of the molecule is CCNC(=O)CNC(=O)c1ccc(S(=O)(=O)Nc2cccc(C)c2C)cc1. The molecular formula is C19H23N3O4S.